The fourth-order valence-corrected chi connectivity index (χ4v) is 3.23. The summed E-state index contributed by atoms with van der Waals surface area (Å²) in [7, 11) is -6.34. The lowest BCUT2D eigenvalue weighted by Crippen LogP contribution is -2.06. The number of hydrogen-bond donors (Lipinski definition) is 3. The summed E-state index contributed by atoms with van der Waals surface area (Å²) in [5.41, 5.74) is 3.05. The number of nitrogens with one attached hydrogen (secondary N) is 1. The van der Waals surface area contributed by atoms with Gasteiger partial charge in [0.2, 0.25) is 0 Å². The van der Waals surface area contributed by atoms with Gasteiger partial charge in [-0.1, -0.05) is 53.6 Å². The average Bonchev–Trinajstić information content (AvgIpc) is 2.75. The van der Waals surface area contributed by atoms with Gasteiger partial charge in [0.15, 0.2) is 0 Å². The second-order valence-electron chi connectivity index (χ2n) is 6.86. The van der Waals surface area contributed by atoms with Gasteiger partial charge in [-0.25, -0.2) is 0 Å². The number of para-hydroxylation sites is 1. The van der Waals surface area contributed by atoms with Crippen molar-refractivity contribution in [3.63, 3.8) is 0 Å². The first kappa shape index (κ1) is 28.3. The Balaban J connectivity index is 0.000000247. The Morgan fingerprint density at radius 3 is 1.42 bits per heavy atom. The SMILES string of the molecule is COCCNc1ccccc1.Cc1ccc(S(=O)(=O)O)cc1.Cc1ccc(S(=O)(=O)O)cc1. The molecule has 33 heavy (non-hydrogen) atoms. The van der Waals surface area contributed by atoms with E-state index in [4.69, 9.17) is 13.8 Å². The van der Waals surface area contributed by atoms with Crippen LogP contribution in [0.15, 0.2) is 88.7 Å². The average molecular weight is 496 g/mol. The van der Waals surface area contributed by atoms with Crippen molar-refractivity contribution in [1.82, 2.24) is 0 Å². The molecule has 10 heteroatoms. The predicted octanol–water partition coefficient (Wildman–Crippen LogP) is 4.23. The molecule has 0 unspecified atom stereocenters. The first-order chi connectivity index (χ1) is 15.4. The minimum Gasteiger partial charge on any atom is -0.383 e. The first-order valence-electron chi connectivity index (χ1n) is 9.79. The van der Waals surface area contributed by atoms with Gasteiger partial charge in [-0.2, -0.15) is 16.8 Å². The van der Waals surface area contributed by atoms with E-state index in [9.17, 15) is 16.8 Å². The summed E-state index contributed by atoms with van der Waals surface area (Å²) in [6, 6.07) is 22.1. The minimum atomic E-state index is -4.02. The minimum absolute atomic E-state index is 0.0666. The van der Waals surface area contributed by atoms with E-state index in [2.05, 4.69) is 5.32 Å². The molecule has 3 aromatic carbocycles. The van der Waals surface area contributed by atoms with Crippen LogP contribution in [0.25, 0.3) is 0 Å². The smallest absolute Gasteiger partial charge is 0.294 e. The van der Waals surface area contributed by atoms with Crippen molar-refractivity contribution >= 4 is 25.9 Å². The normalized spacial score (nSPS) is 10.8. The molecule has 3 N–H and O–H groups in total. The number of benzene rings is 3. The summed E-state index contributed by atoms with van der Waals surface area (Å²) in [6.45, 7) is 5.29. The molecule has 0 heterocycles. The van der Waals surface area contributed by atoms with Crippen molar-refractivity contribution in [2.24, 2.45) is 0 Å². The van der Waals surface area contributed by atoms with Gasteiger partial charge >= 0.3 is 0 Å². The van der Waals surface area contributed by atoms with Crippen molar-refractivity contribution in [3.8, 4) is 0 Å². The molecule has 3 aromatic rings. The number of aryl methyl sites for hydroxylation is 2. The number of methoxy groups -OCH3 is 1. The van der Waals surface area contributed by atoms with Gasteiger partial charge < -0.3 is 10.1 Å². The Morgan fingerprint density at radius 1 is 0.697 bits per heavy atom. The van der Waals surface area contributed by atoms with E-state index >= 15 is 0 Å². The number of anilines is 1. The van der Waals surface area contributed by atoms with E-state index in [-0.39, 0.29) is 9.79 Å². The molecule has 8 nitrogen and oxygen atoms in total. The quantitative estimate of drug-likeness (QED) is 0.342. The lowest BCUT2D eigenvalue weighted by Gasteiger charge is -2.03. The standard InChI is InChI=1S/C9H13NO.2C7H8O3S/c1-11-8-7-10-9-5-3-2-4-6-9;2*1-6-2-4-7(5-3-6)11(8,9)10/h2-6,10H,7-8H2,1H3;2*2-5H,1H3,(H,8,9,10). The zero-order chi connectivity index (χ0) is 24.9. The van der Waals surface area contributed by atoms with Crippen LogP contribution < -0.4 is 5.32 Å². The molecule has 0 atom stereocenters. The van der Waals surface area contributed by atoms with Gasteiger partial charge in [-0.05, 0) is 50.2 Å². The number of ether oxygens (including phenoxy) is 1. The zero-order valence-corrected chi connectivity index (χ0v) is 20.3. The van der Waals surface area contributed by atoms with Crippen LogP contribution in [0.1, 0.15) is 11.1 Å². The third kappa shape index (κ3) is 12.2. The summed E-state index contributed by atoms with van der Waals surface area (Å²) in [4.78, 5) is -0.133. The molecule has 0 aliphatic carbocycles. The molecule has 0 amide bonds. The van der Waals surface area contributed by atoms with Gasteiger partial charge in [0, 0.05) is 19.3 Å². The van der Waals surface area contributed by atoms with Gasteiger partial charge in [0.1, 0.15) is 0 Å². The summed E-state index contributed by atoms with van der Waals surface area (Å²) in [5.74, 6) is 0. The molecular weight excluding hydrogens is 466 g/mol. The highest BCUT2D eigenvalue weighted by Crippen LogP contribution is 2.09. The summed E-state index contributed by atoms with van der Waals surface area (Å²) >= 11 is 0. The van der Waals surface area contributed by atoms with Crippen LogP contribution in [0, 0.1) is 13.8 Å². The maximum atomic E-state index is 10.5. The zero-order valence-electron chi connectivity index (χ0n) is 18.7. The highest BCUT2D eigenvalue weighted by Gasteiger charge is 2.07. The molecule has 0 saturated heterocycles. The monoisotopic (exact) mass is 495 g/mol. The van der Waals surface area contributed by atoms with Gasteiger partial charge in [0.05, 0.1) is 16.4 Å². The third-order valence-corrected chi connectivity index (χ3v) is 5.78. The molecule has 3 rings (SSSR count). The Hall–Kier alpha value is -2.76. The van der Waals surface area contributed by atoms with Crippen LogP contribution in [0.2, 0.25) is 0 Å². The van der Waals surface area contributed by atoms with Gasteiger partial charge in [0.25, 0.3) is 20.2 Å². The van der Waals surface area contributed by atoms with Gasteiger partial charge in [-0.15, -0.1) is 0 Å². The Labute approximate surface area is 195 Å². The molecule has 0 aliphatic heterocycles. The van der Waals surface area contributed by atoms with E-state index < -0.39 is 20.2 Å². The van der Waals surface area contributed by atoms with Crippen molar-refractivity contribution in [1.29, 1.82) is 0 Å². The summed E-state index contributed by atoms with van der Waals surface area (Å²) in [6.07, 6.45) is 0. The fraction of sp³-hybridized carbons (Fsp3) is 0.217. The van der Waals surface area contributed by atoms with E-state index in [0.29, 0.717) is 0 Å². The van der Waals surface area contributed by atoms with E-state index in [1.807, 2.05) is 44.2 Å². The van der Waals surface area contributed by atoms with E-state index in [1.165, 1.54) is 24.3 Å². The third-order valence-electron chi connectivity index (χ3n) is 4.05. The van der Waals surface area contributed by atoms with Crippen molar-refractivity contribution in [2.75, 3.05) is 25.6 Å². The lowest BCUT2D eigenvalue weighted by atomic mass is 10.2. The van der Waals surface area contributed by atoms with Crippen LogP contribution in [0.3, 0.4) is 0 Å². The molecular formula is C23H29NO7S2. The predicted molar refractivity (Wildman–Crippen MR) is 129 cm³/mol. The molecule has 0 bridgehead atoms. The number of rotatable bonds is 6. The van der Waals surface area contributed by atoms with Crippen molar-refractivity contribution in [2.45, 2.75) is 23.6 Å². The van der Waals surface area contributed by atoms with Crippen LogP contribution in [-0.4, -0.2) is 46.2 Å². The van der Waals surface area contributed by atoms with Crippen LogP contribution >= 0.6 is 0 Å². The largest absolute Gasteiger partial charge is 0.383 e. The first-order valence-corrected chi connectivity index (χ1v) is 12.7. The molecule has 0 aliphatic rings. The highest BCUT2D eigenvalue weighted by molar-refractivity contribution is 7.86. The number of hydrogen-bond acceptors (Lipinski definition) is 6. The lowest BCUT2D eigenvalue weighted by molar-refractivity contribution is 0.211. The second-order valence-corrected chi connectivity index (χ2v) is 9.70. The van der Waals surface area contributed by atoms with Gasteiger partial charge in [-0.3, -0.25) is 9.11 Å². The Bertz CT molecular complexity index is 1090. The maximum Gasteiger partial charge on any atom is 0.294 e. The maximum absolute atomic E-state index is 10.5. The van der Waals surface area contributed by atoms with E-state index in [1.54, 1.807) is 31.4 Å². The Morgan fingerprint density at radius 2 is 1.09 bits per heavy atom. The molecule has 0 saturated carbocycles. The molecule has 0 fully saturated rings. The van der Waals surface area contributed by atoms with Crippen molar-refractivity contribution < 1.29 is 30.7 Å². The summed E-state index contributed by atoms with van der Waals surface area (Å²) < 4.78 is 64.0. The topological polar surface area (TPSA) is 130 Å². The van der Waals surface area contributed by atoms with Crippen LogP contribution in [-0.2, 0) is 25.0 Å². The molecule has 0 aromatic heterocycles. The molecule has 0 radical (unpaired) electrons. The molecule has 0 spiro atoms. The second kappa shape index (κ2) is 13.7. The fourth-order valence-electron chi connectivity index (χ4n) is 2.27. The van der Waals surface area contributed by atoms with E-state index in [0.717, 1.165) is 30.0 Å². The Kier molecular flexibility index (Phi) is 11.7. The van der Waals surface area contributed by atoms with Crippen LogP contribution in [0.4, 0.5) is 5.69 Å². The summed E-state index contributed by atoms with van der Waals surface area (Å²) in [5, 5.41) is 3.22. The highest BCUT2D eigenvalue weighted by atomic mass is 32.2. The molecule has 180 valence electrons. The van der Waals surface area contributed by atoms with Crippen LogP contribution in [0.5, 0.6) is 0 Å². The van der Waals surface area contributed by atoms with Crippen molar-refractivity contribution in [3.05, 3.63) is 90.0 Å².